The molecular formula is C16H29ClN2O2. The minimum Gasteiger partial charge on any atom is -0.381 e. The minimum absolute atomic E-state index is 0. The largest absolute Gasteiger partial charge is 0.381 e. The molecule has 3 aliphatic rings. The predicted molar refractivity (Wildman–Crippen MR) is 85.7 cm³/mol. The molecule has 1 amide bonds. The van der Waals surface area contributed by atoms with E-state index >= 15 is 0 Å². The van der Waals surface area contributed by atoms with E-state index in [4.69, 9.17) is 4.74 Å². The van der Waals surface area contributed by atoms with Gasteiger partial charge in [0, 0.05) is 44.1 Å². The molecule has 3 atom stereocenters. The summed E-state index contributed by atoms with van der Waals surface area (Å²) in [6, 6.07) is 1.38. The van der Waals surface area contributed by atoms with Crippen molar-refractivity contribution in [2.24, 2.45) is 11.8 Å². The number of amides is 1. The number of hydrogen-bond donors (Lipinski definition) is 1. The van der Waals surface area contributed by atoms with Crippen LogP contribution in [-0.2, 0) is 9.53 Å². The van der Waals surface area contributed by atoms with Crippen LogP contribution in [0.15, 0.2) is 0 Å². The average molecular weight is 317 g/mol. The predicted octanol–water partition coefficient (Wildman–Crippen LogP) is 2.21. The fraction of sp³-hybridized carbons (Fsp3) is 0.938. The van der Waals surface area contributed by atoms with Crippen LogP contribution in [0, 0.1) is 11.8 Å². The number of piperidine rings is 1. The minimum atomic E-state index is 0. The summed E-state index contributed by atoms with van der Waals surface area (Å²) in [5, 5.41) is 3.65. The summed E-state index contributed by atoms with van der Waals surface area (Å²) in [6.45, 7) is 5.48. The molecule has 3 unspecified atom stereocenters. The van der Waals surface area contributed by atoms with E-state index in [0.29, 0.717) is 29.8 Å². The van der Waals surface area contributed by atoms with Crippen LogP contribution in [0.3, 0.4) is 0 Å². The lowest BCUT2D eigenvalue weighted by Gasteiger charge is -2.30. The number of nitrogens with one attached hydrogen (secondary N) is 1. The third kappa shape index (κ3) is 4.33. The van der Waals surface area contributed by atoms with Crippen molar-refractivity contribution >= 4 is 18.3 Å². The fourth-order valence-electron chi connectivity index (χ4n) is 4.20. The second-order valence-electron chi connectivity index (χ2n) is 6.83. The van der Waals surface area contributed by atoms with E-state index in [0.717, 1.165) is 39.1 Å². The first-order valence-corrected chi connectivity index (χ1v) is 8.36. The summed E-state index contributed by atoms with van der Waals surface area (Å²) in [4.78, 5) is 14.5. The van der Waals surface area contributed by atoms with Gasteiger partial charge in [-0.05, 0) is 44.9 Å². The van der Waals surface area contributed by atoms with Gasteiger partial charge in [-0.3, -0.25) is 4.79 Å². The Morgan fingerprint density at radius 3 is 2.57 bits per heavy atom. The molecule has 2 bridgehead atoms. The van der Waals surface area contributed by atoms with Crippen molar-refractivity contribution in [3.8, 4) is 0 Å². The number of likely N-dealkylation sites (tertiary alicyclic amines) is 1. The zero-order valence-electron chi connectivity index (χ0n) is 13.1. The normalized spacial score (nSPS) is 34.8. The lowest BCUT2D eigenvalue weighted by molar-refractivity contribution is -0.131. The third-order valence-electron chi connectivity index (χ3n) is 5.23. The molecule has 1 N–H and O–H groups in total. The quantitative estimate of drug-likeness (QED) is 0.845. The number of carbonyl (C=O) groups excluding carboxylic acids is 1. The average Bonchev–Trinajstić information content (AvgIpc) is 3.03. The second-order valence-corrected chi connectivity index (χ2v) is 6.83. The summed E-state index contributed by atoms with van der Waals surface area (Å²) in [7, 11) is 0. The molecule has 3 fully saturated rings. The van der Waals surface area contributed by atoms with Gasteiger partial charge in [-0.25, -0.2) is 0 Å². The lowest BCUT2D eigenvalue weighted by atomic mass is 9.89. The first-order chi connectivity index (χ1) is 9.74. The molecule has 0 aliphatic carbocycles. The van der Waals surface area contributed by atoms with Gasteiger partial charge in [-0.1, -0.05) is 0 Å². The smallest absolute Gasteiger partial charge is 0.222 e. The molecule has 0 radical (unpaired) electrons. The number of nitrogens with zero attached hydrogens (tertiary/aromatic N) is 1. The van der Waals surface area contributed by atoms with E-state index in [-0.39, 0.29) is 12.4 Å². The van der Waals surface area contributed by atoms with E-state index in [2.05, 4.69) is 10.2 Å². The van der Waals surface area contributed by atoms with Crippen molar-refractivity contribution < 1.29 is 9.53 Å². The van der Waals surface area contributed by atoms with Crippen molar-refractivity contribution in [3.63, 3.8) is 0 Å². The SMILES string of the molecule is CCOCC1CCN(C(=O)CC2CC3CCC(C2)N3)C1.Cl. The van der Waals surface area contributed by atoms with Gasteiger partial charge in [0.05, 0.1) is 6.61 Å². The molecule has 3 heterocycles. The van der Waals surface area contributed by atoms with Crippen LogP contribution >= 0.6 is 12.4 Å². The summed E-state index contributed by atoms with van der Waals surface area (Å²) >= 11 is 0. The Kier molecular flexibility index (Phi) is 6.33. The molecule has 0 aromatic heterocycles. The second kappa shape index (κ2) is 7.80. The maximum absolute atomic E-state index is 12.4. The maximum Gasteiger partial charge on any atom is 0.222 e. The molecule has 0 spiro atoms. The fourth-order valence-corrected chi connectivity index (χ4v) is 4.20. The molecule has 3 rings (SSSR count). The number of halogens is 1. The highest BCUT2D eigenvalue weighted by Crippen LogP contribution is 2.33. The van der Waals surface area contributed by atoms with Crippen molar-refractivity contribution in [1.82, 2.24) is 10.2 Å². The van der Waals surface area contributed by atoms with Gasteiger partial charge >= 0.3 is 0 Å². The Labute approximate surface area is 134 Å². The van der Waals surface area contributed by atoms with Gasteiger partial charge in [0.25, 0.3) is 0 Å². The number of fused-ring (bicyclic) bond motifs is 2. The van der Waals surface area contributed by atoms with E-state index in [1.54, 1.807) is 0 Å². The van der Waals surface area contributed by atoms with Gasteiger partial charge in [-0.15, -0.1) is 12.4 Å². The highest BCUT2D eigenvalue weighted by Gasteiger charge is 2.35. The monoisotopic (exact) mass is 316 g/mol. The maximum atomic E-state index is 12.4. The number of ether oxygens (including phenoxy) is 1. The third-order valence-corrected chi connectivity index (χ3v) is 5.23. The molecule has 3 aliphatic heterocycles. The molecule has 3 saturated heterocycles. The van der Waals surface area contributed by atoms with E-state index in [1.165, 1.54) is 25.7 Å². The van der Waals surface area contributed by atoms with Crippen LogP contribution in [0.2, 0.25) is 0 Å². The number of rotatable bonds is 5. The zero-order valence-corrected chi connectivity index (χ0v) is 13.9. The van der Waals surface area contributed by atoms with Crippen LogP contribution < -0.4 is 5.32 Å². The van der Waals surface area contributed by atoms with Crippen LogP contribution in [-0.4, -0.2) is 49.2 Å². The Morgan fingerprint density at radius 2 is 1.90 bits per heavy atom. The topological polar surface area (TPSA) is 41.6 Å². The van der Waals surface area contributed by atoms with Gasteiger partial charge in [0.2, 0.25) is 5.91 Å². The van der Waals surface area contributed by atoms with Crippen LogP contribution in [0.4, 0.5) is 0 Å². The van der Waals surface area contributed by atoms with Crippen LogP contribution in [0.25, 0.3) is 0 Å². The van der Waals surface area contributed by atoms with E-state index < -0.39 is 0 Å². The van der Waals surface area contributed by atoms with Crippen LogP contribution in [0.5, 0.6) is 0 Å². The van der Waals surface area contributed by atoms with Crippen molar-refractivity contribution in [1.29, 1.82) is 0 Å². The zero-order chi connectivity index (χ0) is 13.9. The van der Waals surface area contributed by atoms with Gasteiger partial charge in [-0.2, -0.15) is 0 Å². The van der Waals surface area contributed by atoms with Crippen molar-refractivity contribution in [2.75, 3.05) is 26.3 Å². The Balaban J connectivity index is 0.00000161. The molecule has 0 aromatic carbocycles. The standard InChI is InChI=1S/C16H28N2O2.ClH/c1-2-20-11-12-5-6-18(10-12)16(19)9-13-7-14-3-4-15(8-13)17-14;/h12-15,17H,2-11H2,1H3;1H. The van der Waals surface area contributed by atoms with E-state index in [9.17, 15) is 4.79 Å². The first-order valence-electron chi connectivity index (χ1n) is 8.36. The summed E-state index contributed by atoms with van der Waals surface area (Å²) in [5.41, 5.74) is 0. The van der Waals surface area contributed by atoms with Gasteiger partial charge < -0.3 is 15.0 Å². The Bertz CT molecular complexity index is 341. The Hall–Kier alpha value is -0.320. The first kappa shape index (κ1) is 17.0. The number of hydrogen-bond acceptors (Lipinski definition) is 3. The Morgan fingerprint density at radius 1 is 1.19 bits per heavy atom. The summed E-state index contributed by atoms with van der Waals surface area (Å²) in [6.07, 6.45) is 6.93. The molecule has 4 nitrogen and oxygen atoms in total. The van der Waals surface area contributed by atoms with Gasteiger partial charge in [0.1, 0.15) is 0 Å². The van der Waals surface area contributed by atoms with Crippen molar-refractivity contribution in [3.05, 3.63) is 0 Å². The lowest BCUT2D eigenvalue weighted by Crippen LogP contribution is -2.40. The highest BCUT2D eigenvalue weighted by molar-refractivity contribution is 5.85. The van der Waals surface area contributed by atoms with Crippen LogP contribution in [0.1, 0.15) is 45.4 Å². The molecule has 5 heteroatoms. The molecule has 21 heavy (non-hydrogen) atoms. The highest BCUT2D eigenvalue weighted by atomic mass is 35.5. The van der Waals surface area contributed by atoms with E-state index in [1.807, 2.05) is 6.92 Å². The molecule has 0 saturated carbocycles. The summed E-state index contributed by atoms with van der Waals surface area (Å²) < 4.78 is 5.49. The number of carbonyl (C=O) groups is 1. The van der Waals surface area contributed by atoms with Gasteiger partial charge in [0.15, 0.2) is 0 Å². The molecule has 122 valence electrons. The van der Waals surface area contributed by atoms with Crippen molar-refractivity contribution in [2.45, 2.75) is 57.5 Å². The summed E-state index contributed by atoms with van der Waals surface area (Å²) in [5.74, 6) is 1.56. The molecule has 0 aromatic rings. The molecular weight excluding hydrogens is 288 g/mol.